The number of unbranched alkanes of at least 4 members (excludes halogenated alkanes) is 3. The Morgan fingerprint density at radius 1 is 1.25 bits per heavy atom. The highest BCUT2D eigenvalue weighted by atomic mass is 79.9. The molecule has 0 spiro atoms. The van der Waals surface area contributed by atoms with Crippen molar-refractivity contribution >= 4 is 27.6 Å². The molecule has 0 fully saturated rings. The number of rotatable bonds is 9. The first-order chi connectivity index (χ1) is 9.69. The summed E-state index contributed by atoms with van der Waals surface area (Å²) in [5, 5.41) is 3.29. The Hall–Kier alpha value is -1.03. The molecule has 0 aliphatic carbocycles. The molecule has 0 aliphatic rings. The Balaban J connectivity index is 2.62. The Kier molecular flexibility index (Phi) is 8.35. The summed E-state index contributed by atoms with van der Waals surface area (Å²) in [7, 11) is 0. The van der Waals surface area contributed by atoms with Crippen molar-refractivity contribution in [2.24, 2.45) is 0 Å². The van der Waals surface area contributed by atoms with Crippen molar-refractivity contribution < 1.29 is 9.53 Å². The van der Waals surface area contributed by atoms with E-state index in [0.29, 0.717) is 6.61 Å². The summed E-state index contributed by atoms with van der Waals surface area (Å²) in [6.45, 7) is 4.44. The number of hydrogen-bond donors (Lipinski definition) is 1. The van der Waals surface area contributed by atoms with Crippen LogP contribution in [0.2, 0.25) is 0 Å². The van der Waals surface area contributed by atoms with E-state index in [9.17, 15) is 4.79 Å². The third-order valence-electron chi connectivity index (χ3n) is 3.12. The molecule has 1 unspecified atom stereocenters. The minimum absolute atomic E-state index is 0.167. The van der Waals surface area contributed by atoms with Crippen LogP contribution in [0.15, 0.2) is 28.7 Å². The lowest BCUT2D eigenvalue weighted by atomic mass is 10.1. The molecule has 20 heavy (non-hydrogen) atoms. The molecule has 0 heterocycles. The van der Waals surface area contributed by atoms with Crippen molar-refractivity contribution in [3.63, 3.8) is 0 Å². The molecule has 1 N–H and O–H groups in total. The maximum absolute atomic E-state index is 12.0. The van der Waals surface area contributed by atoms with E-state index in [-0.39, 0.29) is 12.0 Å². The van der Waals surface area contributed by atoms with Gasteiger partial charge in [0.2, 0.25) is 0 Å². The van der Waals surface area contributed by atoms with E-state index >= 15 is 0 Å². The molecule has 0 bridgehead atoms. The fourth-order valence-electron chi connectivity index (χ4n) is 2.03. The number of halogens is 1. The van der Waals surface area contributed by atoms with Crippen LogP contribution in [-0.2, 0) is 9.53 Å². The number of nitrogens with one attached hydrogen (secondary N) is 1. The van der Waals surface area contributed by atoms with Crippen molar-refractivity contribution in [2.75, 3.05) is 11.9 Å². The number of esters is 1. The number of ether oxygens (including phenoxy) is 1. The zero-order valence-corrected chi connectivity index (χ0v) is 13.9. The Morgan fingerprint density at radius 2 is 2.00 bits per heavy atom. The summed E-state index contributed by atoms with van der Waals surface area (Å²) >= 11 is 3.49. The van der Waals surface area contributed by atoms with Gasteiger partial charge in [-0.1, -0.05) is 44.7 Å². The second-order valence-corrected chi connectivity index (χ2v) is 5.63. The lowest BCUT2D eigenvalue weighted by Gasteiger charge is -2.19. The van der Waals surface area contributed by atoms with Gasteiger partial charge in [-0.25, -0.2) is 4.79 Å². The molecule has 1 atom stereocenters. The van der Waals surface area contributed by atoms with E-state index in [2.05, 4.69) is 28.2 Å². The first-order valence-corrected chi connectivity index (χ1v) is 8.16. The third-order valence-corrected chi connectivity index (χ3v) is 3.81. The van der Waals surface area contributed by atoms with Gasteiger partial charge in [-0.3, -0.25) is 0 Å². The van der Waals surface area contributed by atoms with E-state index < -0.39 is 0 Å². The van der Waals surface area contributed by atoms with Gasteiger partial charge in [-0.15, -0.1) is 0 Å². The molecule has 0 aromatic heterocycles. The number of benzene rings is 1. The molecular formula is C16H24BrNO2. The van der Waals surface area contributed by atoms with Crippen LogP contribution >= 0.6 is 15.9 Å². The van der Waals surface area contributed by atoms with Crippen LogP contribution in [0, 0.1) is 0 Å². The summed E-state index contributed by atoms with van der Waals surface area (Å²) in [5.74, 6) is -0.167. The van der Waals surface area contributed by atoms with Crippen molar-refractivity contribution in [1.29, 1.82) is 0 Å². The molecule has 0 amide bonds. The van der Waals surface area contributed by atoms with Gasteiger partial charge in [0.1, 0.15) is 6.04 Å². The Labute approximate surface area is 130 Å². The van der Waals surface area contributed by atoms with Crippen LogP contribution in [0.1, 0.15) is 46.0 Å². The van der Waals surface area contributed by atoms with Gasteiger partial charge in [0.05, 0.1) is 6.61 Å². The van der Waals surface area contributed by atoms with Gasteiger partial charge in [0, 0.05) is 10.2 Å². The first-order valence-electron chi connectivity index (χ1n) is 7.36. The zero-order chi connectivity index (χ0) is 14.8. The topological polar surface area (TPSA) is 38.3 Å². The van der Waals surface area contributed by atoms with Crippen molar-refractivity contribution in [2.45, 2.75) is 52.0 Å². The molecule has 0 saturated heterocycles. The van der Waals surface area contributed by atoms with Crippen LogP contribution in [0.25, 0.3) is 0 Å². The summed E-state index contributed by atoms with van der Waals surface area (Å²) in [6.07, 6.45) is 5.41. The number of para-hydroxylation sites is 1. The van der Waals surface area contributed by atoms with Gasteiger partial charge in [-0.2, -0.15) is 0 Å². The van der Waals surface area contributed by atoms with Crippen molar-refractivity contribution in [3.8, 4) is 0 Å². The predicted octanol–water partition coefficient (Wildman–Crippen LogP) is 4.76. The summed E-state index contributed by atoms with van der Waals surface area (Å²) in [5.41, 5.74) is 0.932. The maximum atomic E-state index is 12.0. The molecule has 0 radical (unpaired) electrons. The van der Waals surface area contributed by atoms with E-state index in [1.54, 1.807) is 0 Å². The maximum Gasteiger partial charge on any atom is 0.328 e. The average Bonchev–Trinajstić information content (AvgIpc) is 2.44. The number of carbonyl (C=O) groups excluding carboxylic acids is 1. The highest BCUT2D eigenvalue weighted by molar-refractivity contribution is 9.10. The van der Waals surface area contributed by atoms with Crippen LogP contribution in [0.5, 0.6) is 0 Å². The van der Waals surface area contributed by atoms with E-state index in [1.165, 1.54) is 12.8 Å². The standard InChI is InChI=1S/C16H24BrNO2/c1-3-5-6-7-12-15(16(19)20-4-2)18-14-11-9-8-10-13(14)17/h8-11,15,18H,3-7,12H2,1-2H3. The SMILES string of the molecule is CCCCCCC(Nc1ccccc1Br)C(=O)OCC. The first kappa shape index (κ1) is 17.0. The van der Waals surface area contributed by atoms with E-state index in [0.717, 1.165) is 29.4 Å². The zero-order valence-electron chi connectivity index (χ0n) is 12.3. The number of hydrogen-bond acceptors (Lipinski definition) is 3. The fraction of sp³-hybridized carbons (Fsp3) is 0.562. The van der Waals surface area contributed by atoms with Crippen LogP contribution in [0.3, 0.4) is 0 Å². The van der Waals surface area contributed by atoms with E-state index in [4.69, 9.17) is 4.74 Å². The predicted molar refractivity (Wildman–Crippen MR) is 86.9 cm³/mol. The number of anilines is 1. The normalized spacial score (nSPS) is 11.9. The number of carbonyl (C=O) groups is 1. The highest BCUT2D eigenvalue weighted by Gasteiger charge is 2.19. The largest absolute Gasteiger partial charge is 0.464 e. The van der Waals surface area contributed by atoms with E-state index in [1.807, 2.05) is 31.2 Å². The second-order valence-electron chi connectivity index (χ2n) is 4.78. The minimum Gasteiger partial charge on any atom is -0.464 e. The third kappa shape index (κ3) is 5.95. The fourth-order valence-corrected chi connectivity index (χ4v) is 2.43. The van der Waals surface area contributed by atoms with Gasteiger partial charge < -0.3 is 10.1 Å². The summed E-state index contributed by atoms with van der Waals surface area (Å²) in [4.78, 5) is 12.0. The Morgan fingerprint density at radius 3 is 2.65 bits per heavy atom. The Bertz CT molecular complexity index is 409. The minimum atomic E-state index is -0.273. The van der Waals surface area contributed by atoms with Gasteiger partial charge >= 0.3 is 5.97 Å². The van der Waals surface area contributed by atoms with Crippen LogP contribution in [0.4, 0.5) is 5.69 Å². The lowest BCUT2D eigenvalue weighted by Crippen LogP contribution is -2.31. The molecule has 1 aromatic carbocycles. The average molecular weight is 342 g/mol. The van der Waals surface area contributed by atoms with Crippen molar-refractivity contribution in [1.82, 2.24) is 0 Å². The smallest absolute Gasteiger partial charge is 0.328 e. The quantitative estimate of drug-likeness (QED) is 0.519. The monoisotopic (exact) mass is 341 g/mol. The second kappa shape index (κ2) is 9.81. The summed E-state index contributed by atoms with van der Waals surface area (Å²) < 4.78 is 6.12. The molecular weight excluding hydrogens is 318 g/mol. The van der Waals surface area contributed by atoms with Gasteiger partial charge in [-0.05, 0) is 41.4 Å². The van der Waals surface area contributed by atoms with Gasteiger partial charge in [0.25, 0.3) is 0 Å². The molecule has 0 aliphatic heterocycles. The van der Waals surface area contributed by atoms with Gasteiger partial charge in [0.15, 0.2) is 0 Å². The molecule has 4 heteroatoms. The molecule has 112 valence electrons. The molecule has 1 rings (SSSR count). The molecule has 3 nitrogen and oxygen atoms in total. The molecule has 1 aromatic rings. The van der Waals surface area contributed by atoms with Crippen molar-refractivity contribution in [3.05, 3.63) is 28.7 Å². The highest BCUT2D eigenvalue weighted by Crippen LogP contribution is 2.23. The van der Waals surface area contributed by atoms with Crippen LogP contribution in [-0.4, -0.2) is 18.6 Å². The lowest BCUT2D eigenvalue weighted by molar-refractivity contribution is -0.144. The summed E-state index contributed by atoms with van der Waals surface area (Å²) in [6, 6.07) is 7.55. The molecule has 0 saturated carbocycles. The van der Waals surface area contributed by atoms with Crippen LogP contribution < -0.4 is 5.32 Å².